The fraction of sp³-hybridized carbons (Fsp3) is 0.389. The van der Waals surface area contributed by atoms with Crippen LogP contribution in [0.2, 0.25) is 0 Å². The summed E-state index contributed by atoms with van der Waals surface area (Å²) in [5, 5.41) is 5.29. The van der Waals surface area contributed by atoms with E-state index in [0.29, 0.717) is 33.5 Å². The van der Waals surface area contributed by atoms with Gasteiger partial charge in [-0.05, 0) is 33.3 Å². The van der Waals surface area contributed by atoms with Gasteiger partial charge >= 0.3 is 5.97 Å². The number of fused-ring (bicyclic) bond motifs is 1. The molecule has 28 heavy (non-hydrogen) atoms. The highest BCUT2D eigenvalue weighted by Crippen LogP contribution is 2.26. The second kappa shape index (κ2) is 8.19. The largest absolute Gasteiger partial charge is 0.466 e. The van der Waals surface area contributed by atoms with Crippen LogP contribution in [0.3, 0.4) is 0 Å². The number of carbonyl (C=O) groups is 2. The quantitative estimate of drug-likeness (QED) is 0.615. The summed E-state index contributed by atoms with van der Waals surface area (Å²) in [6.07, 6.45) is 0.0517. The van der Waals surface area contributed by atoms with Crippen LogP contribution in [-0.4, -0.2) is 33.0 Å². The van der Waals surface area contributed by atoms with Gasteiger partial charge in [0.15, 0.2) is 5.13 Å². The summed E-state index contributed by atoms with van der Waals surface area (Å²) >= 11 is 2.69. The number of thiophene rings is 1. The van der Waals surface area contributed by atoms with Gasteiger partial charge in [0, 0.05) is 10.3 Å². The number of ether oxygens (including phenoxy) is 1. The number of carbonyl (C=O) groups excluding carboxylic acids is 2. The van der Waals surface area contributed by atoms with Crippen LogP contribution in [0.4, 0.5) is 5.13 Å². The maximum Gasteiger partial charge on any atom is 0.311 e. The third-order valence-corrected chi connectivity index (χ3v) is 6.12. The van der Waals surface area contributed by atoms with Gasteiger partial charge < -0.3 is 10.1 Å². The molecule has 10 heteroatoms. The number of aryl methyl sites for hydroxylation is 3. The highest BCUT2D eigenvalue weighted by molar-refractivity contribution is 7.18. The van der Waals surface area contributed by atoms with Gasteiger partial charge in [0.25, 0.3) is 5.56 Å². The number of anilines is 1. The second-order valence-corrected chi connectivity index (χ2v) is 8.25. The summed E-state index contributed by atoms with van der Waals surface area (Å²) in [7, 11) is 0. The average Bonchev–Trinajstić information content (AvgIpc) is 3.16. The molecule has 3 aromatic heterocycles. The smallest absolute Gasteiger partial charge is 0.311 e. The molecule has 0 aliphatic carbocycles. The van der Waals surface area contributed by atoms with Crippen molar-refractivity contribution in [2.24, 2.45) is 0 Å². The van der Waals surface area contributed by atoms with E-state index in [2.05, 4.69) is 15.3 Å². The predicted octanol–water partition coefficient (Wildman–Crippen LogP) is 2.58. The van der Waals surface area contributed by atoms with Crippen molar-refractivity contribution in [3.05, 3.63) is 37.7 Å². The lowest BCUT2D eigenvalue weighted by molar-refractivity contribution is -0.142. The standard InChI is InChI=1S/C18H20N4O4S2/c1-5-26-14(24)6-12-8-27-18(20-12)21-13(23)7-22-11(4)19-16-15(17(22)25)9(2)10(3)28-16/h8H,5-7H2,1-4H3,(H,20,21,23). The van der Waals surface area contributed by atoms with E-state index in [1.165, 1.54) is 27.2 Å². The SMILES string of the molecule is CCOC(=O)Cc1csc(NC(=O)Cn2c(C)nc3sc(C)c(C)c3c2=O)n1. The van der Waals surface area contributed by atoms with Crippen molar-refractivity contribution in [2.75, 3.05) is 11.9 Å². The molecule has 0 aliphatic rings. The van der Waals surface area contributed by atoms with E-state index in [1.54, 1.807) is 19.2 Å². The van der Waals surface area contributed by atoms with Crippen LogP contribution < -0.4 is 10.9 Å². The molecule has 0 atom stereocenters. The van der Waals surface area contributed by atoms with Crippen LogP contribution in [0.5, 0.6) is 0 Å². The van der Waals surface area contributed by atoms with E-state index in [0.717, 1.165) is 10.4 Å². The first kappa shape index (κ1) is 20.2. The molecule has 8 nitrogen and oxygen atoms in total. The number of esters is 1. The number of nitrogens with one attached hydrogen (secondary N) is 1. The highest BCUT2D eigenvalue weighted by Gasteiger charge is 2.17. The summed E-state index contributed by atoms with van der Waals surface area (Å²) in [6, 6.07) is 0. The summed E-state index contributed by atoms with van der Waals surface area (Å²) in [4.78, 5) is 47.2. The third kappa shape index (κ3) is 4.12. The maximum atomic E-state index is 12.8. The maximum absolute atomic E-state index is 12.8. The lowest BCUT2D eigenvalue weighted by Crippen LogP contribution is -2.30. The fourth-order valence-corrected chi connectivity index (χ4v) is 4.51. The number of hydrogen-bond donors (Lipinski definition) is 1. The van der Waals surface area contributed by atoms with E-state index in [-0.39, 0.29) is 30.4 Å². The Bertz CT molecular complexity index is 1110. The van der Waals surface area contributed by atoms with Crippen LogP contribution in [0.1, 0.15) is 28.9 Å². The third-order valence-electron chi connectivity index (χ3n) is 4.21. The molecule has 0 saturated carbocycles. The second-order valence-electron chi connectivity index (χ2n) is 6.19. The zero-order valence-electron chi connectivity index (χ0n) is 16.0. The number of rotatable bonds is 6. The Balaban J connectivity index is 1.75. The fourth-order valence-electron chi connectivity index (χ4n) is 2.72. The molecule has 0 bridgehead atoms. The normalized spacial score (nSPS) is 11.0. The summed E-state index contributed by atoms with van der Waals surface area (Å²) in [6.45, 7) is 7.43. The molecular weight excluding hydrogens is 400 g/mol. The Hall–Kier alpha value is -2.59. The van der Waals surface area contributed by atoms with Crippen molar-refractivity contribution < 1.29 is 14.3 Å². The number of nitrogens with zero attached hydrogens (tertiary/aromatic N) is 3. The van der Waals surface area contributed by atoms with Gasteiger partial charge in [-0.25, -0.2) is 9.97 Å². The van der Waals surface area contributed by atoms with E-state index >= 15 is 0 Å². The van der Waals surface area contributed by atoms with E-state index in [4.69, 9.17) is 4.74 Å². The lowest BCUT2D eigenvalue weighted by atomic mass is 10.2. The zero-order valence-corrected chi connectivity index (χ0v) is 17.6. The molecule has 0 aromatic carbocycles. The van der Waals surface area contributed by atoms with E-state index in [1.807, 2.05) is 13.8 Å². The van der Waals surface area contributed by atoms with Gasteiger partial charge in [-0.15, -0.1) is 22.7 Å². The molecule has 0 aliphatic heterocycles. The number of amides is 1. The molecule has 0 spiro atoms. The van der Waals surface area contributed by atoms with Gasteiger partial charge in [0.2, 0.25) is 5.91 Å². The van der Waals surface area contributed by atoms with E-state index in [9.17, 15) is 14.4 Å². The first-order valence-corrected chi connectivity index (χ1v) is 10.4. The van der Waals surface area contributed by atoms with Crippen molar-refractivity contribution in [1.29, 1.82) is 0 Å². The Morgan fingerprint density at radius 3 is 2.71 bits per heavy atom. The Morgan fingerprint density at radius 1 is 1.25 bits per heavy atom. The van der Waals surface area contributed by atoms with Crippen molar-refractivity contribution in [2.45, 2.75) is 40.7 Å². The molecule has 0 radical (unpaired) electrons. The lowest BCUT2D eigenvalue weighted by Gasteiger charge is -2.09. The first-order valence-electron chi connectivity index (χ1n) is 8.67. The van der Waals surface area contributed by atoms with Gasteiger partial charge in [0.05, 0.1) is 24.1 Å². The molecule has 0 unspecified atom stereocenters. The van der Waals surface area contributed by atoms with Crippen LogP contribution in [0, 0.1) is 20.8 Å². The molecule has 3 rings (SSSR count). The molecular formula is C18H20N4O4S2. The number of aromatic nitrogens is 3. The molecule has 3 heterocycles. The molecule has 1 N–H and O–H groups in total. The minimum atomic E-state index is -0.381. The minimum absolute atomic E-state index is 0.0517. The summed E-state index contributed by atoms with van der Waals surface area (Å²) in [5.41, 5.74) is 1.20. The summed E-state index contributed by atoms with van der Waals surface area (Å²) < 4.78 is 6.25. The van der Waals surface area contributed by atoms with E-state index < -0.39 is 0 Å². The molecule has 148 valence electrons. The first-order chi connectivity index (χ1) is 13.3. The van der Waals surface area contributed by atoms with Crippen LogP contribution in [0.25, 0.3) is 10.2 Å². The molecule has 0 fully saturated rings. The zero-order chi connectivity index (χ0) is 20.4. The Morgan fingerprint density at radius 2 is 2.00 bits per heavy atom. The monoisotopic (exact) mass is 420 g/mol. The van der Waals surface area contributed by atoms with Gasteiger partial charge in [-0.2, -0.15) is 0 Å². The van der Waals surface area contributed by atoms with Gasteiger partial charge in [0.1, 0.15) is 17.2 Å². The molecule has 1 amide bonds. The van der Waals surface area contributed by atoms with Gasteiger partial charge in [-0.3, -0.25) is 19.0 Å². The van der Waals surface area contributed by atoms with Crippen molar-refractivity contribution >= 4 is 49.9 Å². The average molecular weight is 421 g/mol. The number of hydrogen-bond acceptors (Lipinski definition) is 8. The predicted molar refractivity (Wildman–Crippen MR) is 109 cm³/mol. The topological polar surface area (TPSA) is 103 Å². The molecule has 3 aromatic rings. The highest BCUT2D eigenvalue weighted by atomic mass is 32.1. The number of thiazole rings is 1. The molecule has 0 saturated heterocycles. The van der Waals surface area contributed by atoms with Crippen molar-refractivity contribution in [3.8, 4) is 0 Å². The van der Waals surface area contributed by atoms with Gasteiger partial charge in [-0.1, -0.05) is 0 Å². The summed E-state index contributed by atoms with van der Waals surface area (Å²) in [5.74, 6) is -0.266. The van der Waals surface area contributed by atoms with Crippen molar-refractivity contribution in [3.63, 3.8) is 0 Å². The Labute approximate surface area is 169 Å². The Kier molecular flexibility index (Phi) is 5.90. The van der Waals surface area contributed by atoms with Crippen LogP contribution in [0.15, 0.2) is 10.2 Å². The van der Waals surface area contributed by atoms with Crippen LogP contribution in [-0.2, 0) is 27.3 Å². The van der Waals surface area contributed by atoms with Crippen molar-refractivity contribution in [1.82, 2.24) is 14.5 Å². The van der Waals surface area contributed by atoms with Crippen LogP contribution >= 0.6 is 22.7 Å². The minimum Gasteiger partial charge on any atom is -0.466 e.